The predicted octanol–water partition coefficient (Wildman–Crippen LogP) is 5.44. The second kappa shape index (κ2) is 11.3. The number of rotatable bonds is 6. The minimum Gasteiger partial charge on any atom is -0.493 e. The largest absolute Gasteiger partial charge is 0.493 e. The number of nitriles is 1. The number of benzene rings is 2. The summed E-state index contributed by atoms with van der Waals surface area (Å²) >= 11 is 0. The maximum atomic E-state index is 11.3. The molecule has 35 heavy (non-hydrogen) atoms. The van der Waals surface area contributed by atoms with Gasteiger partial charge >= 0.3 is 6.09 Å². The molecule has 0 radical (unpaired) electrons. The Labute approximate surface area is 207 Å². The molecule has 2 saturated heterocycles. The van der Waals surface area contributed by atoms with Crippen LogP contribution >= 0.6 is 0 Å². The highest BCUT2D eigenvalue weighted by Gasteiger charge is 2.33. The molecule has 2 aromatic carbocycles. The third-order valence-electron chi connectivity index (χ3n) is 7.20. The van der Waals surface area contributed by atoms with Crippen LogP contribution < -0.4 is 9.47 Å². The Kier molecular flexibility index (Phi) is 7.94. The van der Waals surface area contributed by atoms with Gasteiger partial charge in [-0.3, -0.25) is 4.90 Å². The van der Waals surface area contributed by atoms with E-state index < -0.39 is 6.09 Å². The molecule has 2 fully saturated rings. The lowest BCUT2D eigenvalue weighted by Gasteiger charge is -2.44. The van der Waals surface area contributed by atoms with Crippen LogP contribution in [0.3, 0.4) is 0 Å². The molecule has 2 heterocycles. The van der Waals surface area contributed by atoms with E-state index in [4.69, 9.17) is 9.47 Å². The number of amides is 1. The number of likely N-dealkylation sites (tertiary alicyclic amines) is 2. The molecular formula is C28H33N3O4. The normalized spacial score (nSPS) is 19.7. The van der Waals surface area contributed by atoms with Crippen LogP contribution in [0.4, 0.5) is 4.79 Å². The molecule has 0 aliphatic carbocycles. The highest BCUT2D eigenvalue weighted by molar-refractivity contribution is 5.90. The van der Waals surface area contributed by atoms with E-state index in [2.05, 4.69) is 35.2 Å². The summed E-state index contributed by atoms with van der Waals surface area (Å²) in [6, 6.07) is 17.1. The van der Waals surface area contributed by atoms with Gasteiger partial charge in [-0.15, -0.1) is 0 Å². The summed E-state index contributed by atoms with van der Waals surface area (Å²) < 4.78 is 10.7. The number of hydrogen-bond acceptors (Lipinski definition) is 5. The molecule has 4 rings (SSSR count). The van der Waals surface area contributed by atoms with Gasteiger partial charge in [0, 0.05) is 25.2 Å². The summed E-state index contributed by atoms with van der Waals surface area (Å²) in [7, 11) is 3.17. The third-order valence-corrected chi connectivity index (χ3v) is 7.20. The van der Waals surface area contributed by atoms with E-state index in [1.807, 2.05) is 18.2 Å². The zero-order valence-corrected chi connectivity index (χ0v) is 20.4. The lowest BCUT2D eigenvalue weighted by Crippen LogP contribution is -2.48. The Hall–Kier alpha value is -3.50. The van der Waals surface area contributed by atoms with E-state index in [1.54, 1.807) is 20.3 Å². The molecule has 184 valence electrons. The molecule has 0 bridgehead atoms. The van der Waals surface area contributed by atoms with Crippen molar-refractivity contribution >= 4 is 17.7 Å². The topological polar surface area (TPSA) is 86.0 Å². The molecule has 0 saturated carbocycles. The van der Waals surface area contributed by atoms with Gasteiger partial charge in [-0.05, 0) is 73.2 Å². The molecular weight excluding hydrogens is 442 g/mol. The van der Waals surface area contributed by atoms with Crippen LogP contribution in [0.1, 0.15) is 54.8 Å². The van der Waals surface area contributed by atoms with Crippen molar-refractivity contribution in [2.24, 2.45) is 0 Å². The molecule has 2 aliphatic rings. The Balaban J connectivity index is 1.51. The summed E-state index contributed by atoms with van der Waals surface area (Å²) in [5.74, 6) is 1.22. The van der Waals surface area contributed by atoms with Gasteiger partial charge in [0.05, 0.1) is 25.9 Å². The average molecular weight is 476 g/mol. The first-order chi connectivity index (χ1) is 17.0. The number of carboxylic acid groups (broad SMARTS) is 1. The molecule has 1 atom stereocenters. The molecule has 0 aromatic heterocycles. The highest BCUT2D eigenvalue weighted by atomic mass is 16.5. The van der Waals surface area contributed by atoms with Gasteiger partial charge < -0.3 is 19.5 Å². The van der Waals surface area contributed by atoms with Crippen molar-refractivity contribution < 1.29 is 19.4 Å². The van der Waals surface area contributed by atoms with E-state index >= 15 is 0 Å². The fourth-order valence-electron chi connectivity index (χ4n) is 5.30. The van der Waals surface area contributed by atoms with E-state index in [1.165, 1.54) is 23.3 Å². The van der Waals surface area contributed by atoms with E-state index in [-0.39, 0.29) is 0 Å². The number of methoxy groups -OCH3 is 2. The first-order valence-corrected chi connectivity index (χ1v) is 12.2. The highest BCUT2D eigenvalue weighted by Crippen LogP contribution is 2.36. The first kappa shape index (κ1) is 24.6. The predicted molar refractivity (Wildman–Crippen MR) is 135 cm³/mol. The Morgan fingerprint density at radius 2 is 1.71 bits per heavy atom. The van der Waals surface area contributed by atoms with E-state index in [0.29, 0.717) is 42.2 Å². The van der Waals surface area contributed by atoms with Crippen molar-refractivity contribution in [1.29, 1.82) is 5.26 Å². The monoisotopic (exact) mass is 475 g/mol. The van der Waals surface area contributed by atoms with Gasteiger partial charge in [-0.2, -0.15) is 5.26 Å². The number of allylic oxidation sites excluding steroid dienone is 1. The van der Waals surface area contributed by atoms with Crippen molar-refractivity contribution in [3.05, 3.63) is 59.2 Å². The van der Waals surface area contributed by atoms with Crippen LogP contribution in [0, 0.1) is 11.3 Å². The number of nitrogens with zero attached hydrogens (tertiary/aromatic N) is 3. The zero-order valence-electron chi connectivity index (χ0n) is 20.4. The summed E-state index contributed by atoms with van der Waals surface area (Å²) in [4.78, 5) is 15.4. The first-order valence-electron chi connectivity index (χ1n) is 12.2. The fraction of sp³-hybridized carbons (Fsp3) is 0.429. The van der Waals surface area contributed by atoms with Crippen LogP contribution in [-0.2, 0) is 0 Å². The lowest BCUT2D eigenvalue weighted by atomic mass is 9.90. The van der Waals surface area contributed by atoms with Crippen molar-refractivity contribution in [1.82, 2.24) is 9.80 Å². The smallest absolute Gasteiger partial charge is 0.407 e. The molecule has 2 aliphatic heterocycles. The molecule has 2 aromatic rings. The zero-order chi connectivity index (χ0) is 24.8. The third kappa shape index (κ3) is 5.60. The Morgan fingerprint density at radius 1 is 1.00 bits per heavy atom. The number of hydrogen-bond donors (Lipinski definition) is 1. The number of carbonyl (C=O) groups is 1. The standard InChI is InChI=1S/C28H33N3O4/c1-34-26-11-10-22(18-27(26)35-2)23(19-29)17-20-6-8-21(9-7-20)25-5-3-4-14-31(25)24-12-15-30(16-13-24)28(32)33/h6-11,17-18,24-25H,3-5,12-16H2,1-2H3,(H,32,33). The van der Waals surface area contributed by atoms with Crippen molar-refractivity contribution in [2.45, 2.75) is 44.2 Å². The van der Waals surface area contributed by atoms with Gasteiger partial charge in [0.25, 0.3) is 0 Å². The van der Waals surface area contributed by atoms with Crippen LogP contribution in [-0.4, -0.2) is 60.9 Å². The van der Waals surface area contributed by atoms with Gasteiger partial charge in [0.2, 0.25) is 0 Å². The molecule has 1 amide bonds. The molecule has 0 spiro atoms. The van der Waals surface area contributed by atoms with Gasteiger partial charge in [0.1, 0.15) is 0 Å². The molecule has 7 nitrogen and oxygen atoms in total. The number of ether oxygens (including phenoxy) is 2. The summed E-state index contributed by atoms with van der Waals surface area (Å²) in [6.07, 6.45) is 6.37. The number of piperidine rings is 2. The SMILES string of the molecule is COc1ccc(C(C#N)=Cc2ccc(C3CCCCN3C3CCN(C(=O)O)CC3)cc2)cc1OC. The van der Waals surface area contributed by atoms with E-state index in [9.17, 15) is 15.2 Å². The average Bonchev–Trinajstić information content (AvgIpc) is 2.91. The minimum absolute atomic E-state index is 0.351. The van der Waals surface area contributed by atoms with Crippen LogP contribution in [0.2, 0.25) is 0 Å². The van der Waals surface area contributed by atoms with Crippen LogP contribution in [0.5, 0.6) is 11.5 Å². The maximum Gasteiger partial charge on any atom is 0.407 e. The minimum atomic E-state index is -0.813. The van der Waals surface area contributed by atoms with Crippen LogP contribution in [0.15, 0.2) is 42.5 Å². The quantitative estimate of drug-likeness (QED) is 0.442. The van der Waals surface area contributed by atoms with Crippen molar-refractivity contribution in [2.75, 3.05) is 33.9 Å². The van der Waals surface area contributed by atoms with Crippen LogP contribution in [0.25, 0.3) is 11.6 Å². The maximum absolute atomic E-state index is 11.3. The second-order valence-electron chi connectivity index (χ2n) is 9.16. The Morgan fingerprint density at radius 3 is 2.34 bits per heavy atom. The molecule has 7 heteroatoms. The van der Waals surface area contributed by atoms with E-state index in [0.717, 1.165) is 36.9 Å². The Bertz CT molecular complexity index is 1100. The molecule has 1 N–H and O–H groups in total. The fourth-order valence-corrected chi connectivity index (χ4v) is 5.30. The molecule has 1 unspecified atom stereocenters. The summed E-state index contributed by atoms with van der Waals surface area (Å²) in [6.45, 7) is 2.28. The van der Waals surface area contributed by atoms with Gasteiger partial charge in [-0.1, -0.05) is 30.7 Å². The van der Waals surface area contributed by atoms with Gasteiger partial charge in [-0.25, -0.2) is 4.79 Å². The summed E-state index contributed by atoms with van der Waals surface area (Å²) in [5.41, 5.74) is 3.59. The second-order valence-corrected chi connectivity index (χ2v) is 9.16. The van der Waals surface area contributed by atoms with Gasteiger partial charge in [0.15, 0.2) is 11.5 Å². The summed E-state index contributed by atoms with van der Waals surface area (Å²) in [5, 5.41) is 19.1. The van der Waals surface area contributed by atoms with Crippen molar-refractivity contribution in [3.8, 4) is 17.6 Å². The lowest BCUT2D eigenvalue weighted by molar-refractivity contribution is 0.0497. The van der Waals surface area contributed by atoms with Crippen molar-refractivity contribution in [3.63, 3.8) is 0 Å².